The number of hydrogen-bond donors (Lipinski definition) is 0. The summed E-state index contributed by atoms with van der Waals surface area (Å²) in [5, 5.41) is 0. The normalized spacial score (nSPS) is 36.8. The average molecular weight is 214 g/mol. The van der Waals surface area contributed by atoms with Crippen molar-refractivity contribution in [2.24, 2.45) is 10.8 Å². The molecule has 1 aliphatic heterocycles. The lowest BCUT2D eigenvalue weighted by Crippen LogP contribution is -2.48. The van der Waals surface area contributed by atoms with E-state index in [1.807, 2.05) is 0 Å². The Bertz CT molecular complexity index is 253. The Labute approximate surface area is 94.3 Å². The first-order valence-electron chi connectivity index (χ1n) is 5.71. The summed E-state index contributed by atoms with van der Waals surface area (Å²) < 4.78 is 11.6. The molecular formula is C13H26O2. The Hall–Kier alpha value is -0.0800. The maximum Gasteiger partial charge on any atom is 0.0950 e. The van der Waals surface area contributed by atoms with Crippen LogP contribution < -0.4 is 0 Å². The first-order valence-corrected chi connectivity index (χ1v) is 5.71. The number of hydrogen-bond acceptors (Lipinski definition) is 2. The lowest BCUT2D eigenvalue weighted by atomic mass is 9.57. The molecule has 0 aliphatic carbocycles. The van der Waals surface area contributed by atoms with Gasteiger partial charge in [-0.05, 0) is 20.8 Å². The van der Waals surface area contributed by atoms with Gasteiger partial charge in [0, 0.05) is 17.9 Å². The second-order valence-electron chi connectivity index (χ2n) is 6.53. The van der Waals surface area contributed by atoms with E-state index in [4.69, 9.17) is 9.47 Å². The van der Waals surface area contributed by atoms with E-state index in [9.17, 15) is 0 Å². The van der Waals surface area contributed by atoms with Gasteiger partial charge in [0.2, 0.25) is 0 Å². The summed E-state index contributed by atoms with van der Waals surface area (Å²) in [6, 6.07) is 0. The van der Waals surface area contributed by atoms with Gasteiger partial charge in [-0.3, -0.25) is 0 Å². The van der Waals surface area contributed by atoms with Gasteiger partial charge in [0.05, 0.1) is 17.8 Å². The molecule has 1 atom stereocenters. The summed E-state index contributed by atoms with van der Waals surface area (Å²) in [5.41, 5.74) is -0.134. The van der Waals surface area contributed by atoms with Crippen LogP contribution in [0.3, 0.4) is 0 Å². The van der Waals surface area contributed by atoms with Crippen molar-refractivity contribution in [1.29, 1.82) is 0 Å². The third-order valence-electron chi connectivity index (χ3n) is 5.29. The van der Waals surface area contributed by atoms with E-state index in [0.29, 0.717) is 6.61 Å². The molecule has 1 fully saturated rings. The summed E-state index contributed by atoms with van der Waals surface area (Å²) in [4.78, 5) is 0. The maximum atomic E-state index is 6.28. The van der Waals surface area contributed by atoms with Gasteiger partial charge in [-0.1, -0.05) is 27.7 Å². The zero-order valence-electron chi connectivity index (χ0n) is 11.5. The Morgan fingerprint density at radius 1 is 0.867 bits per heavy atom. The fourth-order valence-corrected chi connectivity index (χ4v) is 2.72. The van der Waals surface area contributed by atoms with Crippen LogP contribution in [0.5, 0.6) is 0 Å². The van der Waals surface area contributed by atoms with Crippen molar-refractivity contribution in [1.82, 2.24) is 0 Å². The van der Waals surface area contributed by atoms with Gasteiger partial charge >= 0.3 is 0 Å². The Balaban J connectivity index is 3.18. The van der Waals surface area contributed by atoms with Gasteiger partial charge in [-0.25, -0.2) is 0 Å². The molecule has 0 aromatic heterocycles. The van der Waals surface area contributed by atoms with E-state index in [1.165, 1.54) is 0 Å². The molecule has 1 rings (SSSR count). The van der Waals surface area contributed by atoms with E-state index in [2.05, 4.69) is 48.5 Å². The molecule has 90 valence electrons. The summed E-state index contributed by atoms with van der Waals surface area (Å²) in [5.74, 6) is 0. The van der Waals surface area contributed by atoms with Crippen molar-refractivity contribution in [3.8, 4) is 0 Å². The van der Waals surface area contributed by atoms with E-state index >= 15 is 0 Å². The third-order valence-corrected chi connectivity index (χ3v) is 5.29. The zero-order chi connectivity index (χ0) is 12.1. The summed E-state index contributed by atoms with van der Waals surface area (Å²) in [6.45, 7) is 16.3. The number of rotatable bonds is 2. The van der Waals surface area contributed by atoms with E-state index in [-0.39, 0.29) is 22.0 Å². The highest BCUT2D eigenvalue weighted by molar-refractivity contribution is 5.13. The molecule has 0 spiro atoms. The predicted octanol–water partition coefficient (Wildman–Crippen LogP) is 3.25. The SMILES string of the molecule is COC[C@@]1(C)OC(C)(C)C(C)(C)C1(C)C. The molecule has 0 amide bonds. The average Bonchev–Trinajstić information content (AvgIpc) is 2.09. The van der Waals surface area contributed by atoms with Crippen LogP contribution in [0.2, 0.25) is 0 Å². The number of methoxy groups -OCH3 is 1. The van der Waals surface area contributed by atoms with Crippen LogP contribution >= 0.6 is 0 Å². The molecule has 15 heavy (non-hydrogen) atoms. The van der Waals surface area contributed by atoms with E-state index in [1.54, 1.807) is 7.11 Å². The summed E-state index contributed by atoms with van der Waals surface area (Å²) in [7, 11) is 1.74. The minimum absolute atomic E-state index is 0.0828. The standard InChI is InChI=1S/C13H26O2/c1-10(2)11(3,4)13(7,9-14-8)15-12(10,5)6/h9H2,1-8H3/t13-/m1/s1. The molecule has 2 nitrogen and oxygen atoms in total. The van der Waals surface area contributed by atoms with Crippen molar-refractivity contribution < 1.29 is 9.47 Å². The van der Waals surface area contributed by atoms with Crippen LogP contribution in [-0.4, -0.2) is 24.9 Å². The first kappa shape index (κ1) is 13.0. The van der Waals surface area contributed by atoms with Gasteiger partial charge in [0.1, 0.15) is 0 Å². The lowest BCUT2D eigenvalue weighted by molar-refractivity contribution is -0.133. The van der Waals surface area contributed by atoms with E-state index in [0.717, 1.165) is 0 Å². The van der Waals surface area contributed by atoms with Crippen LogP contribution in [0.25, 0.3) is 0 Å². The van der Waals surface area contributed by atoms with Crippen LogP contribution in [0.4, 0.5) is 0 Å². The van der Waals surface area contributed by atoms with Crippen molar-refractivity contribution in [2.75, 3.05) is 13.7 Å². The quantitative estimate of drug-likeness (QED) is 0.702. The van der Waals surface area contributed by atoms with Crippen LogP contribution in [0.15, 0.2) is 0 Å². The van der Waals surface area contributed by atoms with Crippen molar-refractivity contribution in [3.05, 3.63) is 0 Å². The molecular weight excluding hydrogens is 188 g/mol. The van der Waals surface area contributed by atoms with E-state index < -0.39 is 0 Å². The fraction of sp³-hybridized carbons (Fsp3) is 1.00. The molecule has 0 radical (unpaired) electrons. The highest BCUT2D eigenvalue weighted by Gasteiger charge is 2.65. The molecule has 0 aromatic rings. The van der Waals surface area contributed by atoms with Crippen molar-refractivity contribution in [3.63, 3.8) is 0 Å². The van der Waals surface area contributed by atoms with Crippen LogP contribution in [0, 0.1) is 10.8 Å². The highest BCUT2D eigenvalue weighted by Crippen LogP contribution is 2.62. The highest BCUT2D eigenvalue weighted by atomic mass is 16.6. The van der Waals surface area contributed by atoms with Crippen LogP contribution in [-0.2, 0) is 9.47 Å². The molecule has 1 aliphatic rings. The molecule has 1 heterocycles. The fourth-order valence-electron chi connectivity index (χ4n) is 2.72. The van der Waals surface area contributed by atoms with Gasteiger partial charge in [-0.15, -0.1) is 0 Å². The molecule has 0 unspecified atom stereocenters. The van der Waals surface area contributed by atoms with Gasteiger partial charge in [0.15, 0.2) is 0 Å². The Morgan fingerprint density at radius 2 is 1.33 bits per heavy atom. The van der Waals surface area contributed by atoms with Crippen molar-refractivity contribution in [2.45, 2.75) is 59.7 Å². The van der Waals surface area contributed by atoms with Crippen LogP contribution in [0.1, 0.15) is 48.5 Å². The number of ether oxygens (including phenoxy) is 2. The van der Waals surface area contributed by atoms with Gasteiger partial charge in [-0.2, -0.15) is 0 Å². The van der Waals surface area contributed by atoms with Crippen molar-refractivity contribution >= 4 is 0 Å². The first-order chi connectivity index (χ1) is 6.52. The Morgan fingerprint density at radius 3 is 1.60 bits per heavy atom. The Kier molecular flexibility index (Phi) is 2.78. The molecule has 1 saturated heterocycles. The minimum atomic E-state index is -0.214. The molecule has 0 saturated carbocycles. The summed E-state index contributed by atoms with van der Waals surface area (Å²) in [6.07, 6.45) is 0. The largest absolute Gasteiger partial charge is 0.382 e. The third kappa shape index (κ3) is 1.45. The maximum absolute atomic E-state index is 6.28. The predicted molar refractivity (Wildman–Crippen MR) is 63.0 cm³/mol. The second kappa shape index (κ2) is 3.21. The smallest absolute Gasteiger partial charge is 0.0950 e. The molecule has 0 aromatic carbocycles. The monoisotopic (exact) mass is 214 g/mol. The lowest BCUT2D eigenvalue weighted by Gasteiger charge is -2.44. The van der Waals surface area contributed by atoms with Gasteiger partial charge in [0.25, 0.3) is 0 Å². The molecule has 2 heteroatoms. The van der Waals surface area contributed by atoms with Gasteiger partial charge < -0.3 is 9.47 Å². The molecule has 0 bridgehead atoms. The minimum Gasteiger partial charge on any atom is -0.382 e. The zero-order valence-corrected chi connectivity index (χ0v) is 11.5. The summed E-state index contributed by atoms with van der Waals surface area (Å²) >= 11 is 0. The topological polar surface area (TPSA) is 18.5 Å². The second-order valence-corrected chi connectivity index (χ2v) is 6.53. The molecule has 0 N–H and O–H groups in total.